The standard InChI is InChI=1S/C34H58N2O25/c1-8-17(42)21(46)24(49)32(54-8)61-29-16(36-10(3)41)31(58-13(6-39)27(29)59-33-25(50)22(47)18(43)11(4-37)56-33)53-7-14-20(45)28(15(30(52)55-14)35-9(2)40)60-34-26(51)23(48)19(44)12(5-38)57-34/h8,11-34,37-39,42-52H,4-7H2,1-3H3,(H,35,40)(H,36,41)/t8-,11+,12+,13+,14+,15+,16+,17+,18-,19-,20+,21+,22-,23-,24-,25+,26+,27+,28+,29+,30+,31+,32-,33-,34-/m0/s1. The SMILES string of the molecule is CC(=O)N[C@@H]1[C@@H](O[C@@H]2O[C@H](CO)[C@H](O)[C@H](O)[C@H]2O)[C@H](O)[C@@H](CO[C@@H]2O[C@H](CO)[C@@H](O[C@@H]3O[C@H](CO)[C@H](O)[C@H](O)[C@H]3O)[C@H](O[C@@H]3O[C@@H](C)[C@@H](O)[C@@H](O)[C@@H]3O)[C@H]2NC(C)=O)O[C@H]1O. The zero-order valence-corrected chi connectivity index (χ0v) is 33.0. The molecule has 5 aliphatic heterocycles. The van der Waals surface area contributed by atoms with E-state index in [4.69, 9.17) is 42.6 Å². The Kier molecular flexibility index (Phi) is 17.5. The van der Waals surface area contributed by atoms with Crippen molar-refractivity contribution in [3.05, 3.63) is 0 Å². The molecule has 0 aromatic carbocycles. The summed E-state index contributed by atoms with van der Waals surface area (Å²) in [6, 6.07) is -3.20. The minimum absolute atomic E-state index is 0.740. The molecule has 0 spiro atoms. The lowest BCUT2D eigenvalue weighted by atomic mass is 9.94. The van der Waals surface area contributed by atoms with Crippen LogP contribution in [0.15, 0.2) is 0 Å². The van der Waals surface area contributed by atoms with E-state index in [-0.39, 0.29) is 0 Å². The first-order chi connectivity index (χ1) is 28.7. The van der Waals surface area contributed by atoms with Crippen molar-refractivity contribution in [3.8, 4) is 0 Å². The molecule has 0 bridgehead atoms. The predicted octanol–water partition coefficient (Wildman–Crippen LogP) is -10.6. The minimum Gasteiger partial charge on any atom is -0.394 e. The Bertz CT molecular complexity index is 1420. The summed E-state index contributed by atoms with van der Waals surface area (Å²) in [4.78, 5) is 24.8. The Labute approximate surface area is 346 Å². The van der Waals surface area contributed by atoms with Gasteiger partial charge in [0.15, 0.2) is 31.5 Å². The monoisotopic (exact) mass is 894 g/mol. The van der Waals surface area contributed by atoms with Gasteiger partial charge < -0.3 is 125 Å². The Balaban J connectivity index is 1.44. The van der Waals surface area contributed by atoms with Crippen LogP contribution in [0.5, 0.6) is 0 Å². The van der Waals surface area contributed by atoms with E-state index in [0.717, 1.165) is 13.8 Å². The lowest BCUT2D eigenvalue weighted by Crippen LogP contribution is -2.70. The lowest BCUT2D eigenvalue weighted by Gasteiger charge is -2.50. The first-order valence-corrected chi connectivity index (χ1v) is 19.4. The van der Waals surface area contributed by atoms with Gasteiger partial charge in [0, 0.05) is 13.8 Å². The third kappa shape index (κ3) is 10.9. The fraction of sp³-hybridized carbons (Fsp3) is 0.941. The molecular formula is C34H58N2O25. The number of carbonyl (C=O) groups excluding carboxylic acids is 2. The van der Waals surface area contributed by atoms with E-state index in [9.17, 15) is 81.1 Å². The fourth-order valence-electron chi connectivity index (χ4n) is 7.67. The fourth-order valence-corrected chi connectivity index (χ4v) is 7.67. The number of nitrogens with one attached hydrogen (secondary N) is 2. The van der Waals surface area contributed by atoms with Gasteiger partial charge in [-0.2, -0.15) is 0 Å². The van der Waals surface area contributed by atoms with Crippen molar-refractivity contribution in [2.75, 3.05) is 26.4 Å². The summed E-state index contributed by atoms with van der Waals surface area (Å²) in [5.74, 6) is -1.52. The molecule has 0 aliphatic carbocycles. The van der Waals surface area contributed by atoms with Gasteiger partial charge in [0.1, 0.15) is 116 Å². The summed E-state index contributed by atoms with van der Waals surface area (Å²) < 4.78 is 51.8. The molecule has 5 saturated heterocycles. The molecule has 0 radical (unpaired) electrons. The molecular weight excluding hydrogens is 836 g/mol. The molecule has 27 nitrogen and oxygen atoms in total. The van der Waals surface area contributed by atoms with E-state index in [1.165, 1.54) is 6.92 Å². The maximum atomic E-state index is 12.7. The predicted molar refractivity (Wildman–Crippen MR) is 188 cm³/mol. The number of rotatable bonds is 14. The van der Waals surface area contributed by atoms with E-state index >= 15 is 0 Å². The summed E-state index contributed by atoms with van der Waals surface area (Å²) in [6.07, 6.45) is -40.6. The number of hydrogen-bond acceptors (Lipinski definition) is 25. The largest absolute Gasteiger partial charge is 0.394 e. The minimum atomic E-state index is -2.00. The molecule has 16 N–H and O–H groups in total. The molecule has 0 unspecified atom stereocenters. The van der Waals surface area contributed by atoms with Crippen LogP contribution in [-0.2, 0) is 52.2 Å². The summed E-state index contributed by atoms with van der Waals surface area (Å²) in [6.45, 7) is -0.000395. The van der Waals surface area contributed by atoms with Crippen molar-refractivity contribution in [1.82, 2.24) is 10.6 Å². The van der Waals surface area contributed by atoms with Crippen molar-refractivity contribution in [2.24, 2.45) is 0 Å². The summed E-state index contributed by atoms with van der Waals surface area (Å²) >= 11 is 0. The normalized spacial score (nSPS) is 49.6. The molecule has 5 rings (SSSR count). The van der Waals surface area contributed by atoms with Crippen LogP contribution in [0.3, 0.4) is 0 Å². The lowest BCUT2D eigenvalue weighted by molar-refractivity contribution is -0.376. The summed E-state index contributed by atoms with van der Waals surface area (Å²) in [5, 5.41) is 152. The van der Waals surface area contributed by atoms with Gasteiger partial charge in [-0.3, -0.25) is 9.59 Å². The third-order valence-corrected chi connectivity index (χ3v) is 11.1. The maximum Gasteiger partial charge on any atom is 0.217 e. The third-order valence-electron chi connectivity index (χ3n) is 11.1. The molecule has 5 fully saturated rings. The second kappa shape index (κ2) is 21.3. The first-order valence-electron chi connectivity index (χ1n) is 19.4. The van der Waals surface area contributed by atoms with E-state index < -0.39 is 192 Å². The summed E-state index contributed by atoms with van der Waals surface area (Å²) in [7, 11) is 0. The molecule has 25 atom stereocenters. The van der Waals surface area contributed by atoms with Crippen LogP contribution in [-0.4, -0.2) is 263 Å². The van der Waals surface area contributed by atoms with Crippen molar-refractivity contribution in [2.45, 2.75) is 174 Å². The van der Waals surface area contributed by atoms with Crippen LogP contribution >= 0.6 is 0 Å². The highest BCUT2D eigenvalue weighted by molar-refractivity contribution is 5.73. The average Bonchev–Trinajstić information content (AvgIpc) is 3.22. The van der Waals surface area contributed by atoms with Crippen LogP contribution in [0.4, 0.5) is 0 Å². The smallest absolute Gasteiger partial charge is 0.217 e. The van der Waals surface area contributed by atoms with Crippen LogP contribution in [0.2, 0.25) is 0 Å². The molecule has 0 saturated carbocycles. The van der Waals surface area contributed by atoms with Crippen molar-refractivity contribution < 1.29 is 124 Å². The zero-order chi connectivity index (χ0) is 45.2. The van der Waals surface area contributed by atoms with Crippen LogP contribution < -0.4 is 10.6 Å². The molecule has 0 aromatic rings. The number of ether oxygens (including phenoxy) is 9. The van der Waals surface area contributed by atoms with Gasteiger partial charge >= 0.3 is 0 Å². The van der Waals surface area contributed by atoms with E-state index in [0.29, 0.717) is 0 Å². The highest BCUT2D eigenvalue weighted by Crippen LogP contribution is 2.35. The number of aliphatic hydroxyl groups excluding tert-OH is 14. The van der Waals surface area contributed by atoms with Crippen LogP contribution in [0, 0.1) is 0 Å². The quantitative estimate of drug-likeness (QED) is 0.0770. The molecule has 0 aromatic heterocycles. The molecule has 354 valence electrons. The van der Waals surface area contributed by atoms with Crippen molar-refractivity contribution in [3.63, 3.8) is 0 Å². The van der Waals surface area contributed by atoms with Crippen molar-refractivity contribution >= 4 is 11.8 Å². The van der Waals surface area contributed by atoms with Crippen LogP contribution in [0.1, 0.15) is 20.8 Å². The first kappa shape index (κ1) is 50.0. The number of hydrogen-bond donors (Lipinski definition) is 16. The molecule has 2 amide bonds. The molecule has 5 aliphatic rings. The highest BCUT2D eigenvalue weighted by atomic mass is 16.8. The Hall–Kier alpha value is -1.98. The second-order valence-corrected chi connectivity index (χ2v) is 15.4. The second-order valence-electron chi connectivity index (χ2n) is 15.4. The van der Waals surface area contributed by atoms with E-state index in [2.05, 4.69) is 10.6 Å². The Morgan fingerprint density at radius 3 is 1.38 bits per heavy atom. The van der Waals surface area contributed by atoms with Gasteiger partial charge in [0.2, 0.25) is 11.8 Å². The van der Waals surface area contributed by atoms with Crippen LogP contribution in [0.25, 0.3) is 0 Å². The molecule has 5 heterocycles. The van der Waals surface area contributed by atoms with Gasteiger partial charge in [-0.15, -0.1) is 0 Å². The van der Waals surface area contributed by atoms with E-state index in [1.54, 1.807) is 0 Å². The highest BCUT2D eigenvalue weighted by Gasteiger charge is 2.56. The van der Waals surface area contributed by atoms with Gasteiger partial charge in [-0.1, -0.05) is 0 Å². The zero-order valence-electron chi connectivity index (χ0n) is 33.0. The molecule has 61 heavy (non-hydrogen) atoms. The van der Waals surface area contributed by atoms with Gasteiger partial charge in [-0.25, -0.2) is 0 Å². The maximum absolute atomic E-state index is 12.7. The topological polar surface area (TPSA) is 424 Å². The van der Waals surface area contributed by atoms with E-state index in [1.807, 2.05) is 0 Å². The number of amides is 2. The number of aliphatic hydroxyl groups is 14. The molecule has 27 heteroatoms. The number of carbonyl (C=O) groups is 2. The van der Waals surface area contributed by atoms with Gasteiger partial charge in [-0.05, 0) is 6.92 Å². The van der Waals surface area contributed by atoms with Crippen molar-refractivity contribution in [1.29, 1.82) is 0 Å². The Morgan fingerprint density at radius 2 is 0.885 bits per heavy atom. The average molecular weight is 895 g/mol. The Morgan fingerprint density at radius 1 is 0.459 bits per heavy atom. The summed E-state index contributed by atoms with van der Waals surface area (Å²) in [5.41, 5.74) is 0. The van der Waals surface area contributed by atoms with Gasteiger partial charge in [0.25, 0.3) is 0 Å². The van der Waals surface area contributed by atoms with Gasteiger partial charge in [0.05, 0.1) is 32.5 Å².